The smallest absolute Gasteiger partial charge is 0.345 e. The van der Waals surface area contributed by atoms with Gasteiger partial charge in [-0.15, -0.1) is 0 Å². The van der Waals surface area contributed by atoms with Crippen molar-refractivity contribution in [3.8, 4) is 5.75 Å². The molecule has 2 heterocycles. The lowest BCUT2D eigenvalue weighted by atomic mass is 9.90. The van der Waals surface area contributed by atoms with Gasteiger partial charge in [-0.05, 0) is 43.2 Å². The number of ether oxygens (including phenoxy) is 2. The topological polar surface area (TPSA) is 74.2 Å². The van der Waals surface area contributed by atoms with Gasteiger partial charge in [0.1, 0.15) is 17.9 Å². The van der Waals surface area contributed by atoms with E-state index in [0.29, 0.717) is 29.1 Å². The summed E-state index contributed by atoms with van der Waals surface area (Å²) in [7, 11) is 1.57. The predicted molar refractivity (Wildman–Crippen MR) is 89.3 cm³/mol. The molecule has 134 valence electrons. The fraction of sp³-hybridized carbons (Fsp3) is 0.421. The molecule has 0 amide bonds. The first-order valence-electron chi connectivity index (χ1n) is 8.44. The first-order chi connectivity index (χ1) is 12.1. The normalized spacial score (nSPS) is 22.7. The molecule has 0 radical (unpaired) electrons. The lowest BCUT2D eigenvalue weighted by molar-refractivity contribution is -0.231. The number of hydrogen-bond donors (Lipinski definition) is 1. The maximum Gasteiger partial charge on any atom is 0.345 e. The van der Waals surface area contributed by atoms with E-state index in [4.69, 9.17) is 19.2 Å². The van der Waals surface area contributed by atoms with E-state index in [-0.39, 0.29) is 12.2 Å². The van der Waals surface area contributed by atoms with Crippen LogP contribution in [0.4, 0.5) is 0 Å². The highest BCUT2D eigenvalue weighted by atomic mass is 17.2. The molecule has 1 atom stereocenters. The van der Waals surface area contributed by atoms with Crippen molar-refractivity contribution in [2.45, 2.75) is 38.4 Å². The number of rotatable bonds is 7. The highest BCUT2D eigenvalue weighted by Crippen LogP contribution is 2.45. The average Bonchev–Trinajstić information content (AvgIpc) is 3.22. The molecule has 2 aliphatic rings. The fourth-order valence-electron chi connectivity index (χ4n) is 3.07. The molecule has 1 aromatic carbocycles. The van der Waals surface area contributed by atoms with Crippen LogP contribution in [-0.4, -0.2) is 24.8 Å². The van der Waals surface area contributed by atoms with Crippen LogP contribution in [0.1, 0.15) is 38.2 Å². The zero-order valence-electron chi connectivity index (χ0n) is 14.4. The Morgan fingerprint density at radius 1 is 1.24 bits per heavy atom. The van der Waals surface area contributed by atoms with E-state index < -0.39 is 11.8 Å². The summed E-state index contributed by atoms with van der Waals surface area (Å²) in [6.07, 6.45) is 5.04. The minimum atomic E-state index is -1.81. The lowest BCUT2D eigenvalue weighted by Crippen LogP contribution is -2.28. The maximum absolute atomic E-state index is 12.5. The Morgan fingerprint density at radius 3 is 2.60 bits per heavy atom. The number of cyclic esters (lactones) is 1. The molecule has 2 aliphatic heterocycles. The molecule has 3 rings (SSSR count). The molecule has 0 aliphatic carbocycles. The van der Waals surface area contributed by atoms with Gasteiger partial charge in [0.15, 0.2) is 5.76 Å². The van der Waals surface area contributed by atoms with Crippen LogP contribution >= 0.6 is 0 Å². The summed E-state index contributed by atoms with van der Waals surface area (Å²) >= 11 is 0. The van der Waals surface area contributed by atoms with E-state index in [1.54, 1.807) is 37.5 Å². The van der Waals surface area contributed by atoms with Gasteiger partial charge in [-0.2, -0.15) is 4.89 Å². The quantitative estimate of drug-likeness (QED) is 0.464. The van der Waals surface area contributed by atoms with Crippen molar-refractivity contribution in [3.63, 3.8) is 0 Å². The zero-order valence-corrected chi connectivity index (χ0v) is 14.4. The molecule has 1 N–H and O–H groups in total. The Kier molecular flexibility index (Phi) is 5.11. The third-order valence-corrected chi connectivity index (χ3v) is 4.40. The Hall–Kier alpha value is -2.31. The van der Waals surface area contributed by atoms with Gasteiger partial charge < -0.3 is 19.5 Å². The Balaban J connectivity index is 2.02. The molecule has 0 saturated heterocycles. The molecular weight excluding hydrogens is 324 g/mol. The standard InChI is InChI=1S/C19H22O6/c1-3-4-5-6-15-17(16-11-12-23-25-16)18(20)24-19(15,21)13-7-9-14(22-2)10-8-13/h7-11,21H,3-6,12H2,1-2H3. The van der Waals surface area contributed by atoms with E-state index in [0.717, 1.165) is 19.3 Å². The highest BCUT2D eigenvalue weighted by Gasteiger charge is 2.49. The first kappa shape index (κ1) is 17.5. The van der Waals surface area contributed by atoms with Crippen molar-refractivity contribution >= 4 is 5.97 Å². The van der Waals surface area contributed by atoms with Crippen molar-refractivity contribution in [2.24, 2.45) is 0 Å². The maximum atomic E-state index is 12.5. The van der Waals surface area contributed by atoms with Gasteiger partial charge in [-0.25, -0.2) is 4.79 Å². The van der Waals surface area contributed by atoms with Gasteiger partial charge in [0.05, 0.1) is 7.11 Å². The van der Waals surface area contributed by atoms with Gasteiger partial charge >= 0.3 is 5.97 Å². The molecule has 0 bridgehead atoms. The summed E-state index contributed by atoms with van der Waals surface area (Å²) in [6, 6.07) is 6.82. The Bertz CT molecular complexity index is 703. The number of methoxy groups -OCH3 is 1. The summed E-state index contributed by atoms with van der Waals surface area (Å²) in [5.41, 5.74) is 1.24. The number of aliphatic hydroxyl groups is 1. The van der Waals surface area contributed by atoms with Crippen molar-refractivity contribution in [1.82, 2.24) is 0 Å². The van der Waals surface area contributed by atoms with Gasteiger partial charge in [0, 0.05) is 11.1 Å². The third kappa shape index (κ3) is 3.27. The zero-order chi connectivity index (χ0) is 17.9. The number of benzene rings is 1. The SMILES string of the molecule is CCCCCC1=C(C2=CCOO2)C(=O)OC1(O)c1ccc(OC)cc1. The number of carbonyl (C=O) groups excluding carboxylic acids is 1. The first-order valence-corrected chi connectivity index (χ1v) is 8.44. The van der Waals surface area contributed by atoms with Gasteiger partial charge in [0.25, 0.3) is 5.79 Å². The number of esters is 1. The Morgan fingerprint density at radius 2 is 2.00 bits per heavy atom. The summed E-state index contributed by atoms with van der Waals surface area (Å²) in [5, 5.41) is 11.2. The minimum absolute atomic E-state index is 0.256. The van der Waals surface area contributed by atoms with Crippen molar-refractivity contribution in [2.75, 3.05) is 13.7 Å². The average molecular weight is 346 g/mol. The second-order valence-corrected chi connectivity index (χ2v) is 6.01. The molecule has 1 aromatic rings. The molecule has 6 nitrogen and oxygen atoms in total. The van der Waals surface area contributed by atoms with E-state index >= 15 is 0 Å². The highest BCUT2D eigenvalue weighted by molar-refractivity contribution is 5.97. The van der Waals surface area contributed by atoms with Crippen LogP contribution in [0.5, 0.6) is 5.75 Å². The van der Waals surface area contributed by atoms with Gasteiger partial charge in [-0.1, -0.05) is 19.8 Å². The summed E-state index contributed by atoms with van der Waals surface area (Å²) in [5.74, 6) is -1.45. The molecule has 0 fully saturated rings. The van der Waals surface area contributed by atoms with E-state index in [1.165, 1.54) is 0 Å². The summed E-state index contributed by atoms with van der Waals surface area (Å²) < 4.78 is 10.5. The van der Waals surface area contributed by atoms with Crippen molar-refractivity contribution in [1.29, 1.82) is 0 Å². The van der Waals surface area contributed by atoms with Crippen LogP contribution in [0.2, 0.25) is 0 Å². The lowest BCUT2D eigenvalue weighted by Gasteiger charge is -2.25. The van der Waals surface area contributed by atoms with Crippen LogP contribution in [0.25, 0.3) is 0 Å². The third-order valence-electron chi connectivity index (χ3n) is 4.40. The second-order valence-electron chi connectivity index (χ2n) is 6.01. The van der Waals surface area contributed by atoms with Crippen molar-refractivity contribution in [3.05, 3.63) is 52.8 Å². The molecule has 0 aromatic heterocycles. The van der Waals surface area contributed by atoms with E-state index in [1.807, 2.05) is 0 Å². The summed E-state index contributed by atoms with van der Waals surface area (Å²) in [6.45, 7) is 2.35. The van der Waals surface area contributed by atoms with Crippen LogP contribution < -0.4 is 4.74 Å². The largest absolute Gasteiger partial charge is 0.497 e. The second kappa shape index (κ2) is 7.29. The summed E-state index contributed by atoms with van der Waals surface area (Å²) in [4.78, 5) is 22.4. The van der Waals surface area contributed by atoms with Gasteiger partial charge in [-0.3, -0.25) is 0 Å². The Labute approximate surface area is 146 Å². The van der Waals surface area contributed by atoms with Crippen LogP contribution in [-0.2, 0) is 25.1 Å². The molecule has 6 heteroatoms. The molecule has 25 heavy (non-hydrogen) atoms. The monoisotopic (exact) mass is 346 g/mol. The van der Waals surface area contributed by atoms with Crippen LogP contribution in [0.15, 0.2) is 47.2 Å². The molecule has 0 spiro atoms. The predicted octanol–water partition coefficient (Wildman–Crippen LogP) is 3.12. The van der Waals surface area contributed by atoms with Crippen molar-refractivity contribution < 1.29 is 29.1 Å². The molecule has 0 saturated carbocycles. The minimum Gasteiger partial charge on any atom is -0.497 e. The number of hydrogen-bond acceptors (Lipinski definition) is 6. The molecule has 1 unspecified atom stereocenters. The fourth-order valence-corrected chi connectivity index (χ4v) is 3.07. The van der Waals surface area contributed by atoms with E-state index in [9.17, 15) is 9.90 Å². The van der Waals surface area contributed by atoms with E-state index in [2.05, 4.69) is 6.92 Å². The number of carbonyl (C=O) groups is 1. The number of unbranched alkanes of at least 4 members (excludes halogenated alkanes) is 2. The van der Waals surface area contributed by atoms with Crippen LogP contribution in [0, 0.1) is 0 Å². The van der Waals surface area contributed by atoms with Gasteiger partial charge in [0.2, 0.25) is 0 Å². The molecular formula is C19H22O6. The van der Waals surface area contributed by atoms with Crippen LogP contribution in [0.3, 0.4) is 0 Å².